The minimum Gasteiger partial charge on any atom is -0.507 e. The van der Waals surface area contributed by atoms with E-state index in [0.717, 1.165) is 39.3 Å². The molecule has 0 radical (unpaired) electrons. The minimum absolute atomic E-state index is 0. The van der Waals surface area contributed by atoms with Gasteiger partial charge in [0.2, 0.25) is 5.13 Å². The molecule has 0 atom stereocenters. The first-order chi connectivity index (χ1) is 13.1. The van der Waals surface area contributed by atoms with Crippen molar-refractivity contribution in [1.29, 1.82) is 0 Å². The van der Waals surface area contributed by atoms with Crippen LogP contribution >= 0.6 is 28.3 Å². The average Bonchev–Trinajstić information content (AvgIpc) is 3.07. The molecule has 29 heavy (non-hydrogen) atoms. The summed E-state index contributed by atoms with van der Waals surface area (Å²) in [6.07, 6.45) is 2.09. The van der Waals surface area contributed by atoms with Gasteiger partial charge in [0, 0.05) is 24.2 Å². The highest BCUT2D eigenvalue weighted by atomic mass is 79.9. The molecule has 0 spiro atoms. The van der Waals surface area contributed by atoms with Crippen LogP contribution in [0.15, 0.2) is 36.4 Å². The van der Waals surface area contributed by atoms with E-state index in [-0.39, 0.29) is 33.8 Å². The largest absolute Gasteiger partial charge is 0.507 e. The normalized spacial score (nSPS) is 18.4. The Balaban J connectivity index is 0.00000240. The van der Waals surface area contributed by atoms with Crippen molar-refractivity contribution in [1.82, 2.24) is 15.5 Å². The number of aromatic hydroxyl groups is 1. The summed E-state index contributed by atoms with van der Waals surface area (Å²) in [7, 11) is 2.10. The molecule has 1 aliphatic rings. The maximum Gasteiger partial charge on any atom is 0.208 e. The molecule has 0 aliphatic carbocycles. The number of aromatic nitrogens is 2. The quantitative estimate of drug-likeness (QED) is 0.530. The lowest BCUT2D eigenvalue weighted by atomic mass is 9.79. The number of fused-ring (bicyclic) bond motifs is 1. The third-order valence-corrected chi connectivity index (χ3v) is 6.57. The van der Waals surface area contributed by atoms with Gasteiger partial charge in [-0.2, -0.15) is 0 Å². The van der Waals surface area contributed by atoms with Crippen LogP contribution < -0.4 is 10.2 Å². The number of anilines is 1. The van der Waals surface area contributed by atoms with Gasteiger partial charge in [0.25, 0.3) is 0 Å². The van der Waals surface area contributed by atoms with Gasteiger partial charge in [-0.15, -0.1) is 27.2 Å². The highest BCUT2D eigenvalue weighted by Gasteiger charge is 2.39. The second-order valence-corrected chi connectivity index (χ2v) is 10.1. The molecule has 5 nitrogen and oxygen atoms in total. The Morgan fingerprint density at radius 2 is 1.62 bits per heavy atom. The summed E-state index contributed by atoms with van der Waals surface area (Å²) in [6.45, 7) is 9.03. The van der Waals surface area contributed by atoms with E-state index in [9.17, 15) is 5.11 Å². The summed E-state index contributed by atoms with van der Waals surface area (Å²) in [5, 5.41) is 26.8. The molecule has 3 aromatic rings. The highest BCUT2D eigenvalue weighted by Crippen LogP contribution is 2.39. The van der Waals surface area contributed by atoms with Gasteiger partial charge >= 0.3 is 0 Å². The average molecular weight is 477 g/mol. The molecule has 1 aliphatic heterocycles. The van der Waals surface area contributed by atoms with E-state index in [4.69, 9.17) is 0 Å². The standard InChI is InChI=1S/C22H28N4OS.BrH/c1-21(2)12-16(13-22(3,4)25-21)26(5)20-24-23-19(28-20)17-10-14-8-6-7-9-15(14)11-18(17)27;/h6-11,16,25,27H,12-13H2,1-5H3;1H. The molecule has 2 aromatic carbocycles. The number of nitrogens with zero attached hydrogens (tertiary/aromatic N) is 3. The molecule has 4 rings (SSSR count). The van der Waals surface area contributed by atoms with E-state index < -0.39 is 0 Å². The van der Waals surface area contributed by atoms with Gasteiger partial charge in [0.15, 0.2) is 5.01 Å². The van der Waals surface area contributed by atoms with Crippen LogP contribution in [-0.4, -0.2) is 39.5 Å². The number of rotatable bonds is 3. The fraction of sp³-hybridized carbons (Fsp3) is 0.455. The van der Waals surface area contributed by atoms with E-state index in [0.29, 0.717) is 6.04 Å². The van der Waals surface area contributed by atoms with Crippen molar-refractivity contribution in [3.63, 3.8) is 0 Å². The monoisotopic (exact) mass is 476 g/mol. The van der Waals surface area contributed by atoms with Crippen molar-refractivity contribution < 1.29 is 5.11 Å². The van der Waals surface area contributed by atoms with Gasteiger partial charge in [-0.25, -0.2) is 0 Å². The van der Waals surface area contributed by atoms with Crippen molar-refractivity contribution in [2.75, 3.05) is 11.9 Å². The smallest absolute Gasteiger partial charge is 0.208 e. The van der Waals surface area contributed by atoms with E-state index in [2.05, 4.69) is 55.2 Å². The van der Waals surface area contributed by atoms with Crippen LogP contribution in [0, 0.1) is 0 Å². The zero-order chi connectivity index (χ0) is 20.1. The lowest BCUT2D eigenvalue weighted by Gasteiger charge is -2.48. The van der Waals surface area contributed by atoms with Crippen molar-refractivity contribution >= 4 is 44.2 Å². The Labute approximate surface area is 186 Å². The molecule has 0 unspecified atom stereocenters. The Bertz CT molecular complexity index is 1000. The summed E-state index contributed by atoms with van der Waals surface area (Å²) in [4.78, 5) is 2.25. The molecule has 156 valence electrons. The lowest BCUT2D eigenvalue weighted by molar-refractivity contribution is 0.161. The summed E-state index contributed by atoms with van der Waals surface area (Å²) >= 11 is 1.53. The van der Waals surface area contributed by atoms with Gasteiger partial charge in [-0.3, -0.25) is 0 Å². The Hall–Kier alpha value is -1.70. The first-order valence-electron chi connectivity index (χ1n) is 9.71. The molecule has 2 N–H and O–H groups in total. The van der Waals surface area contributed by atoms with Gasteiger partial charge in [-0.1, -0.05) is 35.6 Å². The second kappa shape index (κ2) is 7.85. The molecule has 1 saturated heterocycles. The van der Waals surface area contributed by atoms with E-state index in [1.807, 2.05) is 30.3 Å². The third-order valence-electron chi connectivity index (χ3n) is 5.53. The van der Waals surface area contributed by atoms with Crippen LogP contribution in [0.2, 0.25) is 0 Å². The van der Waals surface area contributed by atoms with E-state index in [1.54, 1.807) is 6.07 Å². The van der Waals surface area contributed by atoms with Gasteiger partial charge in [0.1, 0.15) is 5.75 Å². The minimum atomic E-state index is 0. The molecule has 0 saturated carbocycles. The number of halogens is 1. The number of hydrogen-bond acceptors (Lipinski definition) is 6. The number of phenolic OH excluding ortho intramolecular Hbond substituents is 1. The zero-order valence-corrected chi connectivity index (χ0v) is 20.1. The highest BCUT2D eigenvalue weighted by molar-refractivity contribution is 8.93. The second-order valence-electron chi connectivity index (χ2n) is 9.17. The number of piperidine rings is 1. The number of nitrogens with one attached hydrogen (secondary N) is 1. The molecule has 2 heterocycles. The molecule has 1 aromatic heterocycles. The first-order valence-corrected chi connectivity index (χ1v) is 10.5. The van der Waals surface area contributed by atoms with Crippen LogP contribution in [-0.2, 0) is 0 Å². The third kappa shape index (κ3) is 4.57. The lowest BCUT2D eigenvalue weighted by Crippen LogP contribution is -2.61. The Kier molecular flexibility index (Phi) is 5.96. The molecule has 0 amide bonds. The topological polar surface area (TPSA) is 61.3 Å². The Morgan fingerprint density at radius 1 is 1.03 bits per heavy atom. The maximum absolute atomic E-state index is 10.5. The summed E-state index contributed by atoms with van der Waals surface area (Å²) in [6, 6.07) is 12.2. The van der Waals surface area contributed by atoms with Crippen molar-refractivity contribution in [3.05, 3.63) is 36.4 Å². The summed E-state index contributed by atoms with van der Waals surface area (Å²) < 4.78 is 0. The van der Waals surface area contributed by atoms with Gasteiger partial charge in [0.05, 0.1) is 5.56 Å². The summed E-state index contributed by atoms with van der Waals surface area (Å²) in [5.41, 5.74) is 0.886. The van der Waals surface area contributed by atoms with Crippen LogP contribution in [0.25, 0.3) is 21.3 Å². The maximum atomic E-state index is 10.5. The molecule has 7 heteroatoms. The van der Waals surface area contributed by atoms with Crippen LogP contribution in [0.3, 0.4) is 0 Å². The van der Waals surface area contributed by atoms with E-state index in [1.165, 1.54) is 11.3 Å². The predicted octanol–water partition coefficient (Wildman–Crippen LogP) is 5.39. The van der Waals surface area contributed by atoms with Crippen molar-refractivity contribution in [2.45, 2.75) is 57.7 Å². The number of benzene rings is 2. The van der Waals surface area contributed by atoms with Gasteiger partial charge in [-0.05, 0) is 63.4 Å². The molecule has 0 bridgehead atoms. The molecular formula is C22H29BrN4OS. The van der Waals surface area contributed by atoms with Crippen molar-refractivity contribution in [2.24, 2.45) is 0 Å². The summed E-state index contributed by atoms with van der Waals surface area (Å²) in [5.74, 6) is 0.244. The van der Waals surface area contributed by atoms with Crippen LogP contribution in [0.4, 0.5) is 5.13 Å². The zero-order valence-electron chi connectivity index (χ0n) is 17.6. The van der Waals surface area contributed by atoms with Crippen molar-refractivity contribution in [3.8, 4) is 16.3 Å². The van der Waals surface area contributed by atoms with Crippen LogP contribution in [0.5, 0.6) is 5.75 Å². The number of phenols is 1. The van der Waals surface area contributed by atoms with E-state index >= 15 is 0 Å². The number of hydrogen-bond donors (Lipinski definition) is 2. The SMILES string of the molecule is Br.CN(c1nnc(-c2cc3ccccc3cc2O)s1)C1CC(C)(C)NC(C)(C)C1. The molecular weight excluding hydrogens is 448 g/mol. The first kappa shape index (κ1) is 22.0. The Morgan fingerprint density at radius 3 is 2.24 bits per heavy atom. The van der Waals surface area contributed by atoms with Gasteiger partial charge < -0.3 is 15.3 Å². The fourth-order valence-corrected chi connectivity index (χ4v) is 5.47. The fourth-order valence-electron chi connectivity index (χ4n) is 4.56. The van der Waals surface area contributed by atoms with Crippen LogP contribution in [0.1, 0.15) is 40.5 Å². The molecule has 1 fully saturated rings. The predicted molar refractivity (Wildman–Crippen MR) is 128 cm³/mol.